The lowest BCUT2D eigenvalue weighted by atomic mass is 10.3. The van der Waals surface area contributed by atoms with E-state index in [-0.39, 0.29) is 6.16 Å². The first kappa shape index (κ1) is 9.43. The Morgan fingerprint density at radius 1 is 1.58 bits per heavy atom. The summed E-state index contributed by atoms with van der Waals surface area (Å²) in [6, 6.07) is 0. The van der Waals surface area contributed by atoms with E-state index < -0.39 is 7.60 Å². The SMILES string of the molecule is O=P(O)(O)CCN1[C+]=CC=CC1. The van der Waals surface area contributed by atoms with E-state index in [0.717, 1.165) is 0 Å². The minimum absolute atomic E-state index is 0.109. The molecule has 0 fully saturated rings. The molecule has 0 aliphatic carbocycles. The monoisotopic (exact) mass is 188 g/mol. The van der Waals surface area contributed by atoms with Crippen molar-refractivity contribution in [3.05, 3.63) is 24.4 Å². The van der Waals surface area contributed by atoms with E-state index in [1.807, 2.05) is 12.2 Å². The molecule has 0 saturated heterocycles. The molecule has 0 atom stereocenters. The Bertz CT molecular complexity index is 243. The van der Waals surface area contributed by atoms with Crippen molar-refractivity contribution in [1.29, 1.82) is 0 Å². The summed E-state index contributed by atoms with van der Waals surface area (Å²) in [6.07, 6.45) is 8.25. The smallest absolute Gasteiger partial charge is 0.324 e. The summed E-state index contributed by atoms with van der Waals surface area (Å²) in [5, 5.41) is 0. The molecule has 0 unspecified atom stereocenters. The molecule has 0 amide bonds. The minimum atomic E-state index is -3.85. The first-order valence-corrected chi connectivity index (χ1v) is 5.42. The van der Waals surface area contributed by atoms with Gasteiger partial charge in [-0.1, -0.05) is 0 Å². The second-order valence-electron chi connectivity index (χ2n) is 2.56. The Morgan fingerprint density at radius 3 is 2.83 bits per heavy atom. The second-order valence-corrected chi connectivity index (χ2v) is 4.33. The fourth-order valence-electron chi connectivity index (χ4n) is 0.864. The van der Waals surface area contributed by atoms with Crippen LogP contribution in [0.1, 0.15) is 0 Å². The van der Waals surface area contributed by atoms with Crippen LogP contribution in [0.2, 0.25) is 0 Å². The lowest BCUT2D eigenvalue weighted by Gasteiger charge is -2.12. The standard InChI is InChI=1S/C7H10NO3P/c9-12(10,11)7-6-8-4-2-1-3-5-8/h1-3H,4,6-7H2,(H-,9,10,11)/p+1. The van der Waals surface area contributed by atoms with Crippen LogP contribution in [0, 0.1) is 6.20 Å². The normalized spacial score (nSPS) is 16.3. The van der Waals surface area contributed by atoms with Crippen LogP contribution in [0.4, 0.5) is 0 Å². The second kappa shape index (κ2) is 3.83. The summed E-state index contributed by atoms with van der Waals surface area (Å²) in [5.41, 5.74) is 0. The molecule has 2 N–H and O–H groups in total. The first-order chi connectivity index (χ1) is 5.58. The molecule has 12 heavy (non-hydrogen) atoms. The Kier molecular flexibility index (Phi) is 3.01. The maximum atomic E-state index is 10.5. The number of hydrogen-bond acceptors (Lipinski definition) is 2. The van der Waals surface area contributed by atoms with E-state index in [1.54, 1.807) is 11.0 Å². The molecule has 0 spiro atoms. The maximum absolute atomic E-state index is 10.5. The lowest BCUT2D eigenvalue weighted by Crippen LogP contribution is -2.23. The van der Waals surface area contributed by atoms with Gasteiger partial charge in [-0.15, -0.1) is 0 Å². The molecular formula is C7H11NO3P+. The van der Waals surface area contributed by atoms with E-state index in [0.29, 0.717) is 13.1 Å². The Morgan fingerprint density at radius 2 is 2.33 bits per heavy atom. The van der Waals surface area contributed by atoms with Crippen molar-refractivity contribution in [3.63, 3.8) is 0 Å². The van der Waals surface area contributed by atoms with E-state index in [9.17, 15) is 4.57 Å². The van der Waals surface area contributed by atoms with Crippen molar-refractivity contribution in [2.45, 2.75) is 0 Å². The van der Waals surface area contributed by atoms with Gasteiger partial charge in [0.2, 0.25) is 0 Å². The molecular weight excluding hydrogens is 177 g/mol. The third-order valence-electron chi connectivity index (χ3n) is 1.48. The van der Waals surface area contributed by atoms with Crippen molar-refractivity contribution in [2.75, 3.05) is 19.3 Å². The summed E-state index contributed by atoms with van der Waals surface area (Å²) >= 11 is 0. The molecule has 1 heterocycles. The van der Waals surface area contributed by atoms with Crippen LogP contribution in [-0.2, 0) is 4.57 Å². The predicted molar refractivity (Wildman–Crippen MR) is 45.4 cm³/mol. The van der Waals surface area contributed by atoms with Crippen LogP contribution in [0.5, 0.6) is 0 Å². The quantitative estimate of drug-likeness (QED) is 0.495. The van der Waals surface area contributed by atoms with Gasteiger partial charge in [0.25, 0.3) is 0 Å². The van der Waals surface area contributed by atoms with Gasteiger partial charge in [0.1, 0.15) is 0 Å². The zero-order chi connectivity index (χ0) is 9.03. The van der Waals surface area contributed by atoms with Crippen LogP contribution in [0.25, 0.3) is 0 Å². The lowest BCUT2D eigenvalue weighted by molar-refractivity contribution is 0.353. The van der Waals surface area contributed by atoms with Crippen LogP contribution < -0.4 is 0 Å². The zero-order valence-electron chi connectivity index (χ0n) is 6.55. The van der Waals surface area contributed by atoms with Gasteiger partial charge >= 0.3 is 7.60 Å². The Hall–Kier alpha value is -0.660. The van der Waals surface area contributed by atoms with Gasteiger partial charge in [-0.2, -0.15) is 0 Å². The molecule has 0 saturated carbocycles. The van der Waals surface area contributed by atoms with Gasteiger partial charge in [-0.3, -0.25) is 4.57 Å². The van der Waals surface area contributed by atoms with E-state index in [4.69, 9.17) is 9.79 Å². The molecule has 5 heteroatoms. The molecule has 4 nitrogen and oxygen atoms in total. The highest BCUT2D eigenvalue weighted by atomic mass is 31.2. The fraction of sp³-hybridized carbons (Fsp3) is 0.429. The van der Waals surface area contributed by atoms with Gasteiger partial charge in [0, 0.05) is 6.08 Å². The summed E-state index contributed by atoms with van der Waals surface area (Å²) in [4.78, 5) is 18.9. The number of allylic oxidation sites excluding steroid dienone is 2. The largest absolute Gasteiger partial charge is 0.327 e. The molecule has 0 aromatic carbocycles. The van der Waals surface area contributed by atoms with Crippen LogP contribution >= 0.6 is 7.60 Å². The fourth-order valence-corrected chi connectivity index (χ4v) is 1.37. The number of hydrogen-bond donors (Lipinski definition) is 2. The number of nitrogens with zero attached hydrogens (tertiary/aromatic N) is 1. The zero-order valence-corrected chi connectivity index (χ0v) is 7.44. The molecule has 0 radical (unpaired) electrons. The molecule has 0 aromatic rings. The van der Waals surface area contributed by atoms with Gasteiger partial charge in [0.15, 0.2) is 12.3 Å². The van der Waals surface area contributed by atoms with Gasteiger partial charge in [-0.25, -0.2) is 4.90 Å². The van der Waals surface area contributed by atoms with Gasteiger partial charge < -0.3 is 9.79 Å². The highest BCUT2D eigenvalue weighted by Gasteiger charge is 2.16. The summed E-state index contributed by atoms with van der Waals surface area (Å²) < 4.78 is 10.5. The van der Waals surface area contributed by atoms with Gasteiger partial charge in [0.05, 0.1) is 25.3 Å². The molecule has 1 aliphatic heterocycles. The van der Waals surface area contributed by atoms with Crippen molar-refractivity contribution in [1.82, 2.24) is 4.90 Å². The van der Waals surface area contributed by atoms with Crippen molar-refractivity contribution in [2.24, 2.45) is 0 Å². The van der Waals surface area contributed by atoms with Crippen molar-refractivity contribution < 1.29 is 14.4 Å². The molecule has 0 aromatic heterocycles. The molecule has 1 rings (SSSR count). The number of rotatable bonds is 3. The van der Waals surface area contributed by atoms with Crippen LogP contribution in [0.15, 0.2) is 18.2 Å². The Balaban J connectivity index is 2.29. The minimum Gasteiger partial charge on any atom is -0.324 e. The topological polar surface area (TPSA) is 60.8 Å². The average Bonchev–Trinajstić information content (AvgIpc) is 2.02. The van der Waals surface area contributed by atoms with E-state index in [2.05, 4.69) is 6.20 Å². The third kappa shape index (κ3) is 3.65. The van der Waals surface area contributed by atoms with Crippen LogP contribution in [0.3, 0.4) is 0 Å². The highest BCUT2D eigenvalue weighted by molar-refractivity contribution is 7.51. The predicted octanol–water partition coefficient (Wildman–Crippen LogP) is 0.353. The third-order valence-corrected chi connectivity index (χ3v) is 2.26. The van der Waals surface area contributed by atoms with E-state index in [1.165, 1.54) is 0 Å². The summed E-state index contributed by atoms with van der Waals surface area (Å²) in [7, 11) is -3.85. The van der Waals surface area contributed by atoms with Crippen molar-refractivity contribution >= 4 is 7.60 Å². The molecule has 1 aliphatic rings. The van der Waals surface area contributed by atoms with Gasteiger partial charge in [-0.05, 0) is 0 Å². The van der Waals surface area contributed by atoms with E-state index >= 15 is 0 Å². The van der Waals surface area contributed by atoms with Crippen LogP contribution in [-0.4, -0.2) is 33.9 Å². The summed E-state index contributed by atoms with van der Waals surface area (Å²) in [5.74, 6) is 0. The maximum Gasteiger partial charge on any atom is 0.327 e. The van der Waals surface area contributed by atoms with Crippen molar-refractivity contribution in [3.8, 4) is 0 Å². The molecule has 0 bridgehead atoms. The molecule has 66 valence electrons. The Labute approximate surface area is 71.4 Å². The first-order valence-electron chi connectivity index (χ1n) is 3.62. The highest BCUT2D eigenvalue weighted by Crippen LogP contribution is 2.33. The summed E-state index contributed by atoms with van der Waals surface area (Å²) in [6.45, 7) is 1.03. The average molecular weight is 188 g/mol.